The number of ether oxygens (including phenoxy) is 2. The summed E-state index contributed by atoms with van der Waals surface area (Å²) in [6.45, 7) is 3.67. The fourth-order valence-corrected chi connectivity index (χ4v) is 1.97. The average molecular weight is 238 g/mol. The van der Waals surface area contributed by atoms with E-state index in [-0.39, 0.29) is 19.0 Å². The molecule has 0 saturated heterocycles. The molecule has 0 saturated carbocycles. The van der Waals surface area contributed by atoms with Crippen molar-refractivity contribution in [2.45, 2.75) is 25.7 Å². The van der Waals surface area contributed by atoms with Crippen LogP contribution in [0.4, 0.5) is 0 Å². The van der Waals surface area contributed by atoms with Crippen LogP contribution in [0.3, 0.4) is 0 Å². The first-order valence-electron chi connectivity index (χ1n) is 5.25. The minimum atomic E-state index is -0.897. The summed E-state index contributed by atoms with van der Waals surface area (Å²) in [6, 6.07) is 2.99. The van der Waals surface area contributed by atoms with Crippen LogP contribution in [0.25, 0.3) is 0 Å². The molecule has 2 N–H and O–H groups in total. The summed E-state index contributed by atoms with van der Waals surface area (Å²) in [5.74, 6) is 0.126. The van der Waals surface area contributed by atoms with Crippen molar-refractivity contribution in [3.63, 3.8) is 0 Å². The number of carboxylic acids is 1. The molecule has 1 aromatic rings. The number of benzene rings is 1. The van der Waals surface area contributed by atoms with Gasteiger partial charge in [0.2, 0.25) is 6.79 Å². The van der Waals surface area contributed by atoms with E-state index in [9.17, 15) is 9.90 Å². The number of carbonyl (C=O) groups is 1. The fraction of sp³-hybridized carbons (Fsp3) is 0.417. The summed E-state index contributed by atoms with van der Waals surface area (Å²) < 4.78 is 10.5. The molecule has 0 amide bonds. The highest BCUT2D eigenvalue weighted by atomic mass is 16.7. The topological polar surface area (TPSA) is 76.0 Å². The van der Waals surface area contributed by atoms with E-state index in [1.807, 2.05) is 0 Å². The van der Waals surface area contributed by atoms with Gasteiger partial charge < -0.3 is 19.7 Å². The lowest BCUT2D eigenvalue weighted by Crippen LogP contribution is -2.22. The first kappa shape index (κ1) is 11.6. The zero-order chi connectivity index (χ0) is 12.6. The van der Waals surface area contributed by atoms with Crippen LogP contribution >= 0.6 is 0 Å². The third-order valence-electron chi connectivity index (χ3n) is 2.78. The average Bonchev–Trinajstić information content (AvgIpc) is 2.61. The Bertz CT molecular complexity index is 464. The Morgan fingerprint density at radius 2 is 2.12 bits per heavy atom. The van der Waals surface area contributed by atoms with E-state index in [4.69, 9.17) is 14.6 Å². The first-order valence-corrected chi connectivity index (χ1v) is 5.25. The summed E-state index contributed by atoms with van der Waals surface area (Å²) in [6.07, 6.45) is -0.0494. The van der Waals surface area contributed by atoms with Crippen molar-refractivity contribution in [3.05, 3.63) is 17.7 Å². The monoisotopic (exact) mass is 238 g/mol. The summed E-state index contributed by atoms with van der Waals surface area (Å²) in [4.78, 5) is 10.8. The molecule has 0 unspecified atom stereocenters. The first-order chi connectivity index (χ1) is 7.90. The number of hydrogen-bond donors (Lipinski definition) is 2. The molecule has 2 rings (SSSR count). The summed E-state index contributed by atoms with van der Waals surface area (Å²) >= 11 is 0. The maximum Gasteiger partial charge on any atom is 0.304 e. The Morgan fingerprint density at radius 3 is 2.76 bits per heavy atom. The van der Waals surface area contributed by atoms with Crippen molar-refractivity contribution in [2.75, 3.05) is 6.79 Å². The second-order valence-electron chi connectivity index (χ2n) is 4.68. The van der Waals surface area contributed by atoms with Crippen LogP contribution in [0.2, 0.25) is 0 Å². The quantitative estimate of drug-likeness (QED) is 0.840. The van der Waals surface area contributed by atoms with Crippen LogP contribution in [-0.2, 0) is 10.2 Å². The highest BCUT2D eigenvalue weighted by molar-refractivity contribution is 5.70. The van der Waals surface area contributed by atoms with E-state index in [1.54, 1.807) is 13.8 Å². The molecule has 5 heteroatoms. The maximum absolute atomic E-state index is 10.8. The van der Waals surface area contributed by atoms with E-state index in [1.165, 1.54) is 12.1 Å². The van der Waals surface area contributed by atoms with Crippen molar-refractivity contribution in [1.82, 2.24) is 0 Å². The number of hydrogen-bond acceptors (Lipinski definition) is 4. The molecule has 1 aliphatic heterocycles. The lowest BCUT2D eigenvalue weighted by molar-refractivity contribution is -0.138. The minimum absolute atomic E-state index is 0.0442. The van der Waals surface area contributed by atoms with Gasteiger partial charge in [-0.1, -0.05) is 13.8 Å². The van der Waals surface area contributed by atoms with Crippen molar-refractivity contribution < 1.29 is 24.5 Å². The van der Waals surface area contributed by atoms with Gasteiger partial charge in [0.05, 0.1) is 6.42 Å². The normalized spacial score (nSPS) is 13.8. The van der Waals surface area contributed by atoms with Crippen LogP contribution in [-0.4, -0.2) is 23.0 Å². The molecule has 1 aromatic carbocycles. The molecule has 0 bridgehead atoms. The molecular formula is C12H14O5. The number of carboxylic acid groups (broad SMARTS) is 1. The maximum atomic E-state index is 10.8. The van der Waals surface area contributed by atoms with E-state index in [0.29, 0.717) is 17.1 Å². The summed E-state index contributed by atoms with van der Waals surface area (Å²) in [5.41, 5.74) is 0.00919. The van der Waals surface area contributed by atoms with Gasteiger partial charge in [-0.15, -0.1) is 0 Å². The van der Waals surface area contributed by atoms with E-state index in [0.717, 1.165) is 0 Å². The fourth-order valence-electron chi connectivity index (χ4n) is 1.97. The van der Waals surface area contributed by atoms with Crippen LogP contribution < -0.4 is 9.47 Å². The molecular weight excluding hydrogens is 224 g/mol. The Kier molecular flexibility index (Phi) is 2.61. The number of aliphatic carboxylic acids is 1. The van der Waals surface area contributed by atoms with Crippen LogP contribution in [0.5, 0.6) is 17.2 Å². The largest absolute Gasteiger partial charge is 0.508 e. The third-order valence-corrected chi connectivity index (χ3v) is 2.78. The van der Waals surface area contributed by atoms with Gasteiger partial charge in [0.15, 0.2) is 11.5 Å². The van der Waals surface area contributed by atoms with Gasteiger partial charge in [0.25, 0.3) is 0 Å². The minimum Gasteiger partial charge on any atom is -0.508 e. The molecule has 0 atom stereocenters. The number of rotatable bonds is 3. The Hall–Kier alpha value is -1.91. The molecule has 1 heterocycles. The van der Waals surface area contributed by atoms with Crippen molar-refractivity contribution >= 4 is 5.97 Å². The number of aromatic hydroxyl groups is 1. The predicted octanol–water partition coefficient (Wildman–Crippen LogP) is 1.87. The molecule has 17 heavy (non-hydrogen) atoms. The Labute approximate surface area is 98.6 Å². The molecule has 0 aliphatic carbocycles. The third kappa shape index (κ3) is 2.13. The zero-order valence-electron chi connectivity index (χ0n) is 9.69. The van der Waals surface area contributed by atoms with Crippen molar-refractivity contribution in [1.29, 1.82) is 0 Å². The predicted molar refractivity (Wildman–Crippen MR) is 59.5 cm³/mol. The lowest BCUT2D eigenvalue weighted by Gasteiger charge is -2.24. The molecule has 0 radical (unpaired) electrons. The van der Waals surface area contributed by atoms with Gasteiger partial charge in [0, 0.05) is 17.0 Å². The van der Waals surface area contributed by atoms with Crippen LogP contribution in [0.15, 0.2) is 12.1 Å². The molecule has 5 nitrogen and oxygen atoms in total. The van der Waals surface area contributed by atoms with Crippen LogP contribution in [0.1, 0.15) is 25.8 Å². The summed E-state index contributed by atoms with van der Waals surface area (Å²) in [7, 11) is 0. The SMILES string of the molecule is CC(C)(CC(=O)O)c1cc(O)cc2c1OCO2. The zero-order valence-corrected chi connectivity index (χ0v) is 9.69. The molecule has 0 fully saturated rings. The number of phenolic OH excluding ortho intramolecular Hbond substituents is 1. The van der Waals surface area contributed by atoms with Gasteiger partial charge in [0.1, 0.15) is 5.75 Å². The molecule has 0 spiro atoms. The van der Waals surface area contributed by atoms with E-state index >= 15 is 0 Å². The van der Waals surface area contributed by atoms with E-state index in [2.05, 4.69) is 0 Å². The highest BCUT2D eigenvalue weighted by Gasteiger charge is 2.32. The molecule has 0 aromatic heterocycles. The highest BCUT2D eigenvalue weighted by Crippen LogP contribution is 2.45. The summed E-state index contributed by atoms with van der Waals surface area (Å²) in [5, 5.41) is 18.5. The van der Waals surface area contributed by atoms with Crippen molar-refractivity contribution in [3.8, 4) is 17.2 Å². The molecule has 92 valence electrons. The van der Waals surface area contributed by atoms with E-state index < -0.39 is 11.4 Å². The smallest absolute Gasteiger partial charge is 0.304 e. The number of fused-ring (bicyclic) bond motifs is 1. The van der Waals surface area contributed by atoms with Gasteiger partial charge in [-0.25, -0.2) is 0 Å². The van der Waals surface area contributed by atoms with Crippen molar-refractivity contribution in [2.24, 2.45) is 0 Å². The second kappa shape index (κ2) is 3.84. The van der Waals surface area contributed by atoms with Gasteiger partial charge in [-0.05, 0) is 6.07 Å². The second-order valence-corrected chi connectivity index (χ2v) is 4.68. The molecule has 1 aliphatic rings. The Morgan fingerprint density at radius 1 is 1.41 bits per heavy atom. The van der Waals surface area contributed by atoms with Gasteiger partial charge >= 0.3 is 5.97 Å². The standard InChI is InChI=1S/C12H14O5/c1-12(2,5-10(14)15)8-3-7(13)4-9-11(8)17-6-16-9/h3-4,13H,5-6H2,1-2H3,(H,14,15). The number of phenols is 1. The van der Waals surface area contributed by atoms with Gasteiger partial charge in [-0.2, -0.15) is 0 Å². The Balaban J connectivity index is 2.48. The lowest BCUT2D eigenvalue weighted by atomic mass is 9.81. The van der Waals surface area contributed by atoms with Crippen LogP contribution in [0, 0.1) is 0 Å². The van der Waals surface area contributed by atoms with Gasteiger partial charge in [-0.3, -0.25) is 4.79 Å².